The van der Waals surface area contributed by atoms with Crippen molar-refractivity contribution < 1.29 is 4.79 Å². The number of pyridine rings is 1. The molecule has 0 spiro atoms. The zero-order chi connectivity index (χ0) is 17.8. The fourth-order valence-electron chi connectivity index (χ4n) is 2.98. The molecule has 25 heavy (non-hydrogen) atoms. The zero-order valence-corrected chi connectivity index (χ0v) is 14.8. The van der Waals surface area contributed by atoms with E-state index in [1.807, 2.05) is 48.0 Å². The second-order valence-corrected chi connectivity index (χ2v) is 6.00. The minimum Gasteiger partial charge on any atom is -0.348 e. The molecule has 5 heteroatoms. The van der Waals surface area contributed by atoms with Crippen LogP contribution in [0.25, 0.3) is 5.69 Å². The third-order valence-corrected chi connectivity index (χ3v) is 4.37. The topological polar surface area (TPSA) is 59.8 Å². The van der Waals surface area contributed by atoms with Crippen LogP contribution in [-0.2, 0) is 13.0 Å². The Balaban J connectivity index is 1.73. The molecule has 1 N–H and O–H groups in total. The number of aryl methyl sites for hydroxylation is 1. The molecule has 2 aromatic heterocycles. The van der Waals surface area contributed by atoms with Crippen LogP contribution in [0.5, 0.6) is 0 Å². The molecule has 1 aromatic carbocycles. The summed E-state index contributed by atoms with van der Waals surface area (Å²) in [7, 11) is 0. The molecule has 0 aliphatic rings. The average Bonchev–Trinajstić information content (AvgIpc) is 2.94. The molecule has 0 unspecified atom stereocenters. The Labute approximate surface area is 147 Å². The monoisotopic (exact) mass is 334 g/mol. The molecule has 0 saturated heterocycles. The maximum absolute atomic E-state index is 12.3. The molecule has 2 heterocycles. The first-order chi connectivity index (χ1) is 12.1. The van der Waals surface area contributed by atoms with Crippen molar-refractivity contribution in [2.45, 2.75) is 33.7 Å². The number of hydrogen-bond acceptors (Lipinski definition) is 3. The lowest BCUT2D eigenvalue weighted by Gasteiger charge is -2.08. The van der Waals surface area contributed by atoms with E-state index in [9.17, 15) is 4.79 Å². The minimum absolute atomic E-state index is 0.0917. The lowest BCUT2D eigenvalue weighted by molar-refractivity contribution is 0.0951. The third kappa shape index (κ3) is 3.60. The first-order valence-electron chi connectivity index (χ1n) is 8.42. The Morgan fingerprint density at radius 3 is 2.36 bits per heavy atom. The first kappa shape index (κ1) is 16.9. The molecule has 0 bridgehead atoms. The molecule has 0 fully saturated rings. The van der Waals surface area contributed by atoms with Crippen molar-refractivity contribution in [1.82, 2.24) is 20.1 Å². The van der Waals surface area contributed by atoms with Crippen molar-refractivity contribution in [3.63, 3.8) is 0 Å². The van der Waals surface area contributed by atoms with Crippen LogP contribution in [0.1, 0.15) is 39.8 Å². The molecule has 0 atom stereocenters. The van der Waals surface area contributed by atoms with Gasteiger partial charge in [-0.1, -0.05) is 6.92 Å². The molecule has 128 valence electrons. The number of nitrogens with zero attached hydrogens (tertiary/aromatic N) is 3. The number of amides is 1. The van der Waals surface area contributed by atoms with Gasteiger partial charge in [0.15, 0.2) is 0 Å². The quantitative estimate of drug-likeness (QED) is 0.778. The van der Waals surface area contributed by atoms with Crippen molar-refractivity contribution in [2.24, 2.45) is 0 Å². The Morgan fingerprint density at radius 1 is 1.08 bits per heavy atom. The summed E-state index contributed by atoms with van der Waals surface area (Å²) in [6, 6.07) is 11.3. The van der Waals surface area contributed by atoms with Gasteiger partial charge in [-0.15, -0.1) is 0 Å². The molecule has 3 aromatic rings. The van der Waals surface area contributed by atoms with E-state index < -0.39 is 0 Å². The van der Waals surface area contributed by atoms with Crippen molar-refractivity contribution in [2.75, 3.05) is 0 Å². The van der Waals surface area contributed by atoms with Crippen LogP contribution in [-0.4, -0.2) is 20.7 Å². The second kappa shape index (κ2) is 7.30. The van der Waals surface area contributed by atoms with Crippen LogP contribution < -0.4 is 5.32 Å². The van der Waals surface area contributed by atoms with Gasteiger partial charge in [-0.25, -0.2) is 4.68 Å². The maximum atomic E-state index is 12.3. The van der Waals surface area contributed by atoms with Crippen LogP contribution in [0.2, 0.25) is 0 Å². The molecular weight excluding hydrogens is 312 g/mol. The van der Waals surface area contributed by atoms with Gasteiger partial charge in [-0.2, -0.15) is 5.10 Å². The predicted molar refractivity (Wildman–Crippen MR) is 97.8 cm³/mol. The highest BCUT2D eigenvalue weighted by atomic mass is 16.1. The number of hydrogen-bond donors (Lipinski definition) is 1. The number of nitrogens with one attached hydrogen (secondary N) is 1. The van der Waals surface area contributed by atoms with Gasteiger partial charge in [0.1, 0.15) is 0 Å². The predicted octanol–water partition coefficient (Wildman–Crippen LogP) is 3.38. The number of rotatable bonds is 5. The highest BCUT2D eigenvalue weighted by Gasteiger charge is 2.12. The van der Waals surface area contributed by atoms with Gasteiger partial charge in [-0.05, 0) is 67.8 Å². The minimum atomic E-state index is -0.0917. The Morgan fingerprint density at radius 2 is 1.76 bits per heavy atom. The Bertz CT molecular complexity index is 867. The van der Waals surface area contributed by atoms with E-state index in [0.717, 1.165) is 29.1 Å². The van der Waals surface area contributed by atoms with Gasteiger partial charge in [0.25, 0.3) is 5.91 Å². The summed E-state index contributed by atoms with van der Waals surface area (Å²) in [4.78, 5) is 16.3. The van der Waals surface area contributed by atoms with Crippen LogP contribution in [0.3, 0.4) is 0 Å². The maximum Gasteiger partial charge on any atom is 0.251 e. The van der Waals surface area contributed by atoms with Crippen molar-refractivity contribution in [3.8, 4) is 5.69 Å². The summed E-state index contributed by atoms with van der Waals surface area (Å²) in [6.07, 6.45) is 4.40. The van der Waals surface area contributed by atoms with Crippen LogP contribution >= 0.6 is 0 Å². The van der Waals surface area contributed by atoms with Crippen LogP contribution in [0, 0.1) is 13.8 Å². The van der Waals surface area contributed by atoms with E-state index in [2.05, 4.69) is 29.2 Å². The van der Waals surface area contributed by atoms with Crippen molar-refractivity contribution in [3.05, 3.63) is 76.9 Å². The Hall–Kier alpha value is -2.95. The fourth-order valence-corrected chi connectivity index (χ4v) is 2.98. The number of carbonyl (C=O) groups is 1. The fraction of sp³-hybridized carbons (Fsp3) is 0.250. The molecular formula is C20H22N4O. The molecule has 1 amide bonds. The van der Waals surface area contributed by atoms with Gasteiger partial charge in [0, 0.05) is 30.2 Å². The number of aromatic nitrogens is 3. The molecule has 0 aliphatic heterocycles. The lowest BCUT2D eigenvalue weighted by atomic mass is 10.1. The van der Waals surface area contributed by atoms with Gasteiger partial charge in [0.05, 0.1) is 11.4 Å². The standard InChI is InChI=1S/C20H22N4O/c1-4-19-14(2)23-24(15(19)3)18-7-5-17(6-8-18)20(25)22-13-16-9-11-21-12-10-16/h5-12H,4,13H2,1-3H3,(H,22,25). The smallest absolute Gasteiger partial charge is 0.251 e. The summed E-state index contributed by atoms with van der Waals surface area (Å²) in [6.45, 7) is 6.73. The van der Waals surface area contributed by atoms with E-state index in [1.54, 1.807) is 12.4 Å². The van der Waals surface area contributed by atoms with E-state index in [-0.39, 0.29) is 5.91 Å². The molecule has 3 rings (SSSR count). The third-order valence-electron chi connectivity index (χ3n) is 4.37. The summed E-state index contributed by atoms with van der Waals surface area (Å²) < 4.78 is 1.94. The molecule has 0 aliphatic carbocycles. The van der Waals surface area contributed by atoms with Gasteiger partial charge >= 0.3 is 0 Å². The molecule has 0 radical (unpaired) electrons. The largest absolute Gasteiger partial charge is 0.348 e. The zero-order valence-electron chi connectivity index (χ0n) is 14.8. The van der Waals surface area contributed by atoms with Gasteiger partial charge in [0.2, 0.25) is 0 Å². The number of carbonyl (C=O) groups excluding carboxylic acids is 1. The van der Waals surface area contributed by atoms with E-state index in [1.165, 1.54) is 5.56 Å². The highest BCUT2D eigenvalue weighted by molar-refractivity contribution is 5.94. The summed E-state index contributed by atoms with van der Waals surface area (Å²) in [5.74, 6) is -0.0917. The molecule has 5 nitrogen and oxygen atoms in total. The lowest BCUT2D eigenvalue weighted by Crippen LogP contribution is -2.22. The highest BCUT2D eigenvalue weighted by Crippen LogP contribution is 2.18. The summed E-state index contributed by atoms with van der Waals surface area (Å²) >= 11 is 0. The van der Waals surface area contributed by atoms with Crippen LogP contribution in [0.4, 0.5) is 0 Å². The van der Waals surface area contributed by atoms with E-state index in [0.29, 0.717) is 12.1 Å². The summed E-state index contributed by atoms with van der Waals surface area (Å²) in [5.41, 5.74) is 6.10. The average molecular weight is 334 g/mol. The second-order valence-electron chi connectivity index (χ2n) is 6.00. The van der Waals surface area contributed by atoms with Gasteiger partial charge < -0.3 is 5.32 Å². The van der Waals surface area contributed by atoms with Crippen molar-refractivity contribution >= 4 is 5.91 Å². The first-order valence-corrected chi connectivity index (χ1v) is 8.42. The Kier molecular flexibility index (Phi) is 4.93. The van der Waals surface area contributed by atoms with Gasteiger partial charge in [-0.3, -0.25) is 9.78 Å². The molecule has 0 saturated carbocycles. The number of benzene rings is 1. The van der Waals surface area contributed by atoms with E-state index >= 15 is 0 Å². The van der Waals surface area contributed by atoms with Crippen molar-refractivity contribution in [1.29, 1.82) is 0 Å². The van der Waals surface area contributed by atoms with E-state index in [4.69, 9.17) is 0 Å². The normalized spacial score (nSPS) is 10.7. The summed E-state index contributed by atoms with van der Waals surface area (Å²) in [5, 5.41) is 7.53. The SMILES string of the molecule is CCc1c(C)nn(-c2ccc(C(=O)NCc3ccncc3)cc2)c1C. The van der Waals surface area contributed by atoms with Crippen LogP contribution in [0.15, 0.2) is 48.8 Å².